The number of nitrogens with zero attached hydrogens (tertiary/aromatic N) is 4. The number of primary amides is 1. The average Bonchev–Trinajstić information content (AvgIpc) is 2.89. The minimum atomic E-state index is -0.725. The Morgan fingerprint density at radius 2 is 2.14 bits per heavy atom. The molecule has 3 aromatic rings. The summed E-state index contributed by atoms with van der Waals surface area (Å²) in [6.45, 7) is 0. The maximum Gasteiger partial charge on any atom is 0.252 e. The molecule has 0 unspecified atom stereocenters. The molecule has 1 amide bonds. The number of aromatic hydroxyl groups is 1. The summed E-state index contributed by atoms with van der Waals surface area (Å²) in [6, 6.07) is 7.91. The second kappa shape index (κ2) is 5.25. The first-order valence-electron chi connectivity index (χ1n) is 5.90. The first-order chi connectivity index (χ1) is 10.1. The number of rotatable bonds is 3. The molecule has 0 aliphatic heterocycles. The zero-order chi connectivity index (χ0) is 14.8. The van der Waals surface area contributed by atoms with Gasteiger partial charge in [0.1, 0.15) is 5.75 Å². The van der Waals surface area contributed by atoms with Crippen LogP contribution in [0.3, 0.4) is 0 Å². The summed E-state index contributed by atoms with van der Waals surface area (Å²) in [7, 11) is 0. The lowest BCUT2D eigenvalue weighted by atomic mass is 10.2. The van der Waals surface area contributed by atoms with E-state index in [4.69, 9.17) is 5.73 Å². The molecule has 104 valence electrons. The van der Waals surface area contributed by atoms with Crippen molar-refractivity contribution in [1.82, 2.24) is 9.36 Å². The number of hydrogen-bond acceptors (Lipinski definition) is 7. The van der Waals surface area contributed by atoms with Crippen molar-refractivity contribution in [2.75, 3.05) is 0 Å². The van der Waals surface area contributed by atoms with Crippen LogP contribution in [0.15, 0.2) is 46.8 Å². The Labute approximate surface area is 122 Å². The lowest BCUT2D eigenvalue weighted by Crippen LogP contribution is -2.10. The second-order valence-electron chi connectivity index (χ2n) is 4.13. The molecule has 0 saturated heterocycles. The maximum absolute atomic E-state index is 11.2. The fourth-order valence-electron chi connectivity index (χ4n) is 1.73. The van der Waals surface area contributed by atoms with Gasteiger partial charge in [0.25, 0.3) is 5.91 Å². The van der Waals surface area contributed by atoms with Crippen molar-refractivity contribution in [2.45, 2.75) is 0 Å². The zero-order valence-corrected chi connectivity index (χ0v) is 11.4. The molecule has 0 saturated carbocycles. The van der Waals surface area contributed by atoms with Gasteiger partial charge >= 0.3 is 0 Å². The third-order valence-electron chi connectivity index (χ3n) is 2.74. The number of fused-ring (bicyclic) bond motifs is 1. The minimum Gasteiger partial charge on any atom is -0.507 e. The van der Waals surface area contributed by atoms with Crippen LogP contribution >= 0.6 is 11.5 Å². The summed E-state index contributed by atoms with van der Waals surface area (Å²) in [5.41, 5.74) is 6.18. The molecule has 2 heterocycles. The van der Waals surface area contributed by atoms with Gasteiger partial charge in [-0.05, 0) is 41.9 Å². The molecular weight excluding hydrogens is 290 g/mol. The summed E-state index contributed by atoms with van der Waals surface area (Å²) in [5.74, 6) is -0.911. The van der Waals surface area contributed by atoms with Gasteiger partial charge in [0.15, 0.2) is 10.6 Å². The van der Waals surface area contributed by atoms with Gasteiger partial charge in [-0.1, -0.05) is 0 Å². The highest BCUT2D eigenvalue weighted by atomic mass is 32.1. The quantitative estimate of drug-likeness (QED) is 0.723. The van der Waals surface area contributed by atoms with Crippen LogP contribution in [-0.4, -0.2) is 20.4 Å². The third-order valence-corrected chi connectivity index (χ3v) is 3.48. The highest BCUT2D eigenvalue weighted by molar-refractivity contribution is 7.11. The van der Waals surface area contributed by atoms with E-state index in [1.54, 1.807) is 12.3 Å². The number of amides is 1. The largest absolute Gasteiger partial charge is 0.507 e. The van der Waals surface area contributed by atoms with E-state index in [-0.39, 0.29) is 11.3 Å². The van der Waals surface area contributed by atoms with Crippen LogP contribution in [0.5, 0.6) is 5.75 Å². The standard InChI is InChI=1S/C13H9N5O2S/c14-11(20)9-6-7(3-4-10(9)19)16-17-13-8-2-1-5-15-12(8)18-21-13/h1-6,19H,(H2,14,20). The molecule has 0 radical (unpaired) electrons. The van der Waals surface area contributed by atoms with Crippen molar-refractivity contribution in [3.05, 3.63) is 42.1 Å². The zero-order valence-electron chi connectivity index (χ0n) is 10.6. The fraction of sp³-hybridized carbons (Fsp3) is 0. The van der Waals surface area contributed by atoms with E-state index in [2.05, 4.69) is 19.6 Å². The van der Waals surface area contributed by atoms with E-state index in [0.29, 0.717) is 16.3 Å². The van der Waals surface area contributed by atoms with E-state index in [1.807, 2.05) is 6.07 Å². The summed E-state index contributed by atoms with van der Waals surface area (Å²) in [6.07, 6.45) is 1.65. The molecule has 8 heteroatoms. The van der Waals surface area contributed by atoms with E-state index in [0.717, 1.165) is 5.39 Å². The number of azo groups is 1. The minimum absolute atomic E-state index is 0.00211. The Morgan fingerprint density at radius 1 is 1.29 bits per heavy atom. The van der Waals surface area contributed by atoms with Gasteiger partial charge in [0.2, 0.25) is 0 Å². The van der Waals surface area contributed by atoms with Crippen molar-refractivity contribution in [3.8, 4) is 5.75 Å². The number of phenols is 1. The number of carbonyl (C=O) groups is 1. The van der Waals surface area contributed by atoms with Gasteiger partial charge < -0.3 is 10.8 Å². The maximum atomic E-state index is 11.2. The molecule has 21 heavy (non-hydrogen) atoms. The molecule has 0 bridgehead atoms. The Kier molecular flexibility index (Phi) is 3.28. The predicted octanol–water partition coefficient (Wildman–Crippen LogP) is 2.91. The number of benzene rings is 1. The molecule has 0 spiro atoms. The van der Waals surface area contributed by atoms with Crippen LogP contribution in [0.25, 0.3) is 11.0 Å². The molecule has 7 nitrogen and oxygen atoms in total. The number of aromatic nitrogens is 2. The van der Waals surface area contributed by atoms with Gasteiger partial charge in [-0.2, -0.15) is 4.37 Å². The fourth-order valence-corrected chi connectivity index (χ4v) is 2.38. The van der Waals surface area contributed by atoms with Crippen LogP contribution in [0, 0.1) is 0 Å². The number of nitrogens with two attached hydrogens (primary N) is 1. The van der Waals surface area contributed by atoms with E-state index >= 15 is 0 Å². The van der Waals surface area contributed by atoms with Gasteiger partial charge in [-0.15, -0.1) is 10.2 Å². The lowest BCUT2D eigenvalue weighted by molar-refractivity contribution is 0.0998. The van der Waals surface area contributed by atoms with Gasteiger partial charge in [0, 0.05) is 6.20 Å². The molecule has 3 N–H and O–H groups in total. The van der Waals surface area contributed by atoms with E-state index in [9.17, 15) is 9.90 Å². The van der Waals surface area contributed by atoms with Crippen LogP contribution in [0.2, 0.25) is 0 Å². The van der Waals surface area contributed by atoms with Crippen molar-refractivity contribution in [1.29, 1.82) is 0 Å². The van der Waals surface area contributed by atoms with Crippen LogP contribution in [-0.2, 0) is 0 Å². The van der Waals surface area contributed by atoms with Crippen LogP contribution in [0.4, 0.5) is 10.7 Å². The predicted molar refractivity (Wildman–Crippen MR) is 78.2 cm³/mol. The molecule has 0 atom stereocenters. The Bertz CT molecular complexity index is 859. The number of carbonyl (C=O) groups excluding carboxylic acids is 1. The molecular formula is C13H9N5O2S. The molecule has 0 aliphatic rings. The second-order valence-corrected chi connectivity index (χ2v) is 4.88. The number of hydrogen-bond donors (Lipinski definition) is 2. The Balaban J connectivity index is 1.96. The van der Waals surface area contributed by atoms with E-state index < -0.39 is 5.91 Å². The van der Waals surface area contributed by atoms with Gasteiger partial charge in [0.05, 0.1) is 16.6 Å². The first kappa shape index (κ1) is 13.1. The van der Waals surface area contributed by atoms with Gasteiger partial charge in [-0.3, -0.25) is 4.79 Å². The highest BCUT2D eigenvalue weighted by Crippen LogP contribution is 2.31. The van der Waals surface area contributed by atoms with Crippen molar-refractivity contribution in [3.63, 3.8) is 0 Å². The SMILES string of the molecule is NC(=O)c1cc(N=Nc2snc3ncccc23)ccc1O. The van der Waals surface area contributed by atoms with E-state index in [1.165, 1.54) is 29.7 Å². The van der Waals surface area contributed by atoms with Gasteiger partial charge in [-0.25, -0.2) is 4.98 Å². The first-order valence-corrected chi connectivity index (χ1v) is 6.67. The molecule has 0 fully saturated rings. The van der Waals surface area contributed by atoms with Crippen molar-refractivity contribution < 1.29 is 9.90 Å². The van der Waals surface area contributed by atoms with Crippen LogP contribution in [0.1, 0.15) is 10.4 Å². The highest BCUT2D eigenvalue weighted by Gasteiger charge is 2.09. The average molecular weight is 299 g/mol. The summed E-state index contributed by atoms with van der Waals surface area (Å²) in [5, 5.41) is 19.1. The van der Waals surface area contributed by atoms with Crippen molar-refractivity contribution >= 4 is 39.2 Å². The summed E-state index contributed by atoms with van der Waals surface area (Å²) >= 11 is 1.18. The van der Waals surface area contributed by atoms with Crippen molar-refractivity contribution in [2.24, 2.45) is 16.0 Å². The number of pyridine rings is 1. The third kappa shape index (κ3) is 2.56. The molecule has 1 aromatic carbocycles. The molecule has 3 rings (SSSR count). The lowest BCUT2D eigenvalue weighted by Gasteiger charge is -2.00. The smallest absolute Gasteiger partial charge is 0.252 e. The molecule has 0 aliphatic carbocycles. The normalized spacial score (nSPS) is 11.2. The summed E-state index contributed by atoms with van der Waals surface area (Å²) < 4.78 is 4.15. The monoisotopic (exact) mass is 299 g/mol. The van der Waals surface area contributed by atoms with Crippen LogP contribution < -0.4 is 5.73 Å². The Morgan fingerprint density at radius 3 is 2.95 bits per heavy atom. The Hall–Kier alpha value is -2.87. The molecule has 2 aromatic heterocycles. The topological polar surface area (TPSA) is 114 Å². The summed E-state index contributed by atoms with van der Waals surface area (Å²) in [4.78, 5) is 15.3.